The van der Waals surface area contributed by atoms with Crippen LogP contribution in [0.3, 0.4) is 0 Å². The van der Waals surface area contributed by atoms with Crippen LogP contribution in [0.4, 0.5) is 0 Å². The van der Waals surface area contributed by atoms with Gasteiger partial charge in [-0.2, -0.15) is 0 Å². The summed E-state index contributed by atoms with van der Waals surface area (Å²) in [4.78, 5) is 0. The molecule has 1 aliphatic heterocycles. The van der Waals surface area contributed by atoms with Crippen LogP contribution >= 0.6 is 0 Å². The summed E-state index contributed by atoms with van der Waals surface area (Å²) in [5.74, 6) is 2.42. The summed E-state index contributed by atoms with van der Waals surface area (Å²) in [5.41, 5.74) is 0.767. The summed E-state index contributed by atoms with van der Waals surface area (Å²) < 4.78 is 21.9. The van der Waals surface area contributed by atoms with Gasteiger partial charge in [0.15, 0.2) is 5.76 Å². The zero-order valence-corrected chi connectivity index (χ0v) is 13.8. The second kappa shape index (κ2) is 7.13. The van der Waals surface area contributed by atoms with Crippen LogP contribution in [-0.2, 0) is 24.3 Å². The van der Waals surface area contributed by atoms with Gasteiger partial charge < -0.3 is 18.4 Å². The van der Waals surface area contributed by atoms with Gasteiger partial charge in [0.25, 0.3) is 0 Å². The Kier molecular flexibility index (Phi) is 4.54. The zero-order valence-electron chi connectivity index (χ0n) is 13.8. The van der Waals surface area contributed by atoms with Gasteiger partial charge in [-0.15, -0.1) is 0 Å². The third kappa shape index (κ3) is 3.92. The van der Waals surface area contributed by atoms with E-state index in [0.29, 0.717) is 32.1 Å². The Morgan fingerprint density at radius 3 is 2.68 bits per heavy atom. The zero-order chi connectivity index (χ0) is 17.0. The number of rotatable bonds is 8. The number of nitrogens with one attached hydrogen (secondary N) is 1. The molecular formula is C19H20N2O4. The molecule has 2 aromatic heterocycles. The van der Waals surface area contributed by atoms with Crippen LogP contribution in [0.25, 0.3) is 0 Å². The molecule has 0 saturated carbocycles. The van der Waals surface area contributed by atoms with Crippen molar-refractivity contribution in [3.63, 3.8) is 0 Å². The number of ether oxygens (including phenoxy) is 2. The van der Waals surface area contributed by atoms with Crippen molar-refractivity contribution < 1.29 is 18.4 Å². The average Bonchev–Trinajstić information content (AvgIpc) is 3.28. The molecule has 0 spiro atoms. The fraction of sp³-hybridized carbons (Fsp3) is 0.316. The van der Waals surface area contributed by atoms with Gasteiger partial charge in [0, 0.05) is 12.5 Å². The van der Waals surface area contributed by atoms with Crippen molar-refractivity contribution in [2.24, 2.45) is 0 Å². The van der Waals surface area contributed by atoms with E-state index in [-0.39, 0.29) is 5.54 Å². The summed E-state index contributed by atoms with van der Waals surface area (Å²) in [7, 11) is 0. The van der Waals surface area contributed by atoms with E-state index in [1.807, 2.05) is 48.5 Å². The first-order valence-corrected chi connectivity index (χ1v) is 8.29. The fourth-order valence-electron chi connectivity index (χ4n) is 2.83. The molecule has 0 bridgehead atoms. The summed E-state index contributed by atoms with van der Waals surface area (Å²) in [6.45, 7) is 2.32. The molecule has 4 rings (SSSR count). The van der Waals surface area contributed by atoms with E-state index in [0.717, 1.165) is 23.6 Å². The first kappa shape index (κ1) is 15.9. The Morgan fingerprint density at radius 1 is 1.08 bits per heavy atom. The third-order valence-corrected chi connectivity index (χ3v) is 4.23. The predicted octanol–water partition coefficient (Wildman–Crippen LogP) is 2.95. The quantitative estimate of drug-likeness (QED) is 0.680. The fourth-order valence-corrected chi connectivity index (χ4v) is 2.83. The minimum atomic E-state index is -0.124. The van der Waals surface area contributed by atoms with Gasteiger partial charge in [-0.05, 0) is 24.3 Å². The Labute approximate surface area is 145 Å². The molecule has 0 aliphatic carbocycles. The average molecular weight is 340 g/mol. The molecule has 1 aliphatic rings. The Bertz CT molecular complexity index is 779. The van der Waals surface area contributed by atoms with Crippen LogP contribution in [0.1, 0.15) is 17.2 Å². The van der Waals surface area contributed by atoms with Crippen LogP contribution in [-0.4, -0.2) is 23.9 Å². The number of hydrogen-bond donors (Lipinski definition) is 1. The van der Waals surface area contributed by atoms with Crippen molar-refractivity contribution in [2.45, 2.75) is 25.1 Å². The molecule has 3 aromatic rings. The molecule has 1 aromatic carbocycles. The first-order valence-electron chi connectivity index (χ1n) is 8.29. The Hall–Kier alpha value is -2.57. The molecule has 1 fully saturated rings. The lowest BCUT2D eigenvalue weighted by Gasteiger charge is -2.41. The topological polar surface area (TPSA) is 69.7 Å². The first-order chi connectivity index (χ1) is 12.3. The van der Waals surface area contributed by atoms with Crippen molar-refractivity contribution in [1.82, 2.24) is 10.5 Å². The second-order valence-corrected chi connectivity index (χ2v) is 6.27. The molecule has 1 N–H and O–H groups in total. The molecule has 6 nitrogen and oxygen atoms in total. The SMILES string of the molecule is c1ccc(OCc2cc(CC3(NCc4ccco4)COC3)no2)cc1. The highest BCUT2D eigenvalue weighted by atomic mass is 16.5. The van der Waals surface area contributed by atoms with Gasteiger partial charge >= 0.3 is 0 Å². The van der Waals surface area contributed by atoms with Crippen LogP contribution in [0.15, 0.2) is 63.7 Å². The molecule has 130 valence electrons. The van der Waals surface area contributed by atoms with Crippen LogP contribution < -0.4 is 10.1 Å². The summed E-state index contributed by atoms with van der Waals surface area (Å²) in [6.07, 6.45) is 2.42. The second-order valence-electron chi connectivity index (χ2n) is 6.27. The minimum Gasteiger partial charge on any atom is -0.486 e. The standard InChI is InChI=1S/C19H20N2O4/c1-2-5-16(6-3-1)24-12-18-9-15(21-25-18)10-19(13-22-14-19)20-11-17-7-4-8-23-17/h1-9,20H,10-14H2. The van der Waals surface area contributed by atoms with Gasteiger partial charge in [0.05, 0.1) is 37.3 Å². The molecule has 6 heteroatoms. The molecule has 0 amide bonds. The van der Waals surface area contributed by atoms with Gasteiger partial charge in [0.1, 0.15) is 18.1 Å². The highest BCUT2D eigenvalue weighted by Gasteiger charge is 2.39. The lowest BCUT2D eigenvalue weighted by Crippen LogP contribution is -2.61. The number of hydrogen-bond acceptors (Lipinski definition) is 6. The van der Waals surface area contributed by atoms with Crippen molar-refractivity contribution in [3.05, 3.63) is 72.0 Å². The largest absolute Gasteiger partial charge is 0.486 e. The molecule has 0 unspecified atom stereocenters. The van der Waals surface area contributed by atoms with E-state index in [1.54, 1.807) is 6.26 Å². The lowest BCUT2D eigenvalue weighted by atomic mass is 9.91. The summed E-state index contributed by atoms with van der Waals surface area (Å²) in [5, 5.41) is 7.69. The Morgan fingerprint density at radius 2 is 1.96 bits per heavy atom. The maximum Gasteiger partial charge on any atom is 0.174 e. The molecular weight excluding hydrogens is 320 g/mol. The van der Waals surface area contributed by atoms with Crippen LogP contribution in [0.5, 0.6) is 5.75 Å². The van der Waals surface area contributed by atoms with Crippen molar-refractivity contribution in [3.8, 4) is 5.75 Å². The van der Waals surface area contributed by atoms with E-state index in [9.17, 15) is 0 Å². The van der Waals surface area contributed by atoms with Gasteiger partial charge in [-0.25, -0.2) is 0 Å². The number of aromatic nitrogens is 1. The van der Waals surface area contributed by atoms with E-state index >= 15 is 0 Å². The van der Waals surface area contributed by atoms with Crippen LogP contribution in [0.2, 0.25) is 0 Å². The highest BCUT2D eigenvalue weighted by molar-refractivity contribution is 5.21. The lowest BCUT2D eigenvalue weighted by molar-refractivity contribution is -0.0761. The molecule has 0 atom stereocenters. The van der Waals surface area contributed by atoms with E-state index < -0.39 is 0 Å². The van der Waals surface area contributed by atoms with E-state index in [1.165, 1.54) is 0 Å². The minimum absolute atomic E-state index is 0.124. The molecule has 25 heavy (non-hydrogen) atoms. The van der Waals surface area contributed by atoms with Gasteiger partial charge in [0.2, 0.25) is 0 Å². The van der Waals surface area contributed by atoms with Crippen molar-refractivity contribution in [1.29, 1.82) is 0 Å². The Balaban J connectivity index is 1.33. The monoisotopic (exact) mass is 340 g/mol. The smallest absolute Gasteiger partial charge is 0.174 e. The maximum atomic E-state index is 5.69. The van der Waals surface area contributed by atoms with E-state index in [4.69, 9.17) is 18.4 Å². The summed E-state index contributed by atoms with van der Waals surface area (Å²) in [6, 6.07) is 15.4. The third-order valence-electron chi connectivity index (χ3n) is 4.23. The van der Waals surface area contributed by atoms with Crippen molar-refractivity contribution in [2.75, 3.05) is 13.2 Å². The van der Waals surface area contributed by atoms with Crippen molar-refractivity contribution >= 4 is 0 Å². The van der Waals surface area contributed by atoms with E-state index in [2.05, 4.69) is 10.5 Å². The maximum absolute atomic E-state index is 5.69. The van der Waals surface area contributed by atoms with Gasteiger partial charge in [-0.1, -0.05) is 23.4 Å². The number of benzene rings is 1. The van der Waals surface area contributed by atoms with Gasteiger partial charge in [-0.3, -0.25) is 5.32 Å². The molecule has 0 radical (unpaired) electrons. The molecule has 3 heterocycles. The number of para-hydroxylation sites is 1. The normalized spacial score (nSPS) is 15.7. The predicted molar refractivity (Wildman–Crippen MR) is 90.1 cm³/mol. The van der Waals surface area contributed by atoms with Crippen LogP contribution in [0, 0.1) is 0 Å². The molecule has 1 saturated heterocycles. The number of furan rings is 1. The summed E-state index contributed by atoms with van der Waals surface area (Å²) >= 11 is 0. The number of nitrogens with zero attached hydrogens (tertiary/aromatic N) is 1. The highest BCUT2D eigenvalue weighted by Crippen LogP contribution is 2.23.